The fourth-order valence-electron chi connectivity index (χ4n) is 2.08. The number of alkyl halides is 3. The SMILES string of the molecule is NS(=O)(=O)c1ccc2c(c1)C[C@@H](C(=O)O)[C@@H](C(F)(F)F)O2. The number of carbonyl (C=O) groups is 1. The van der Waals surface area contributed by atoms with E-state index in [0.717, 1.165) is 18.2 Å². The third kappa shape index (κ3) is 3.10. The van der Waals surface area contributed by atoms with Crippen molar-refractivity contribution in [1.29, 1.82) is 0 Å². The van der Waals surface area contributed by atoms with Gasteiger partial charge in [0.1, 0.15) is 11.7 Å². The third-order valence-corrected chi connectivity index (χ3v) is 3.97. The van der Waals surface area contributed by atoms with Gasteiger partial charge < -0.3 is 9.84 Å². The summed E-state index contributed by atoms with van der Waals surface area (Å²) in [5, 5.41) is 13.8. The molecule has 2 atom stereocenters. The molecule has 0 saturated heterocycles. The lowest BCUT2D eigenvalue weighted by Gasteiger charge is -2.32. The van der Waals surface area contributed by atoms with E-state index in [-0.39, 0.29) is 16.2 Å². The molecule has 6 nitrogen and oxygen atoms in total. The molecule has 0 aromatic heterocycles. The lowest BCUT2D eigenvalue weighted by Crippen LogP contribution is -2.47. The number of aliphatic carboxylic acids is 1. The van der Waals surface area contributed by atoms with Crippen LogP contribution in [0.1, 0.15) is 5.56 Å². The summed E-state index contributed by atoms with van der Waals surface area (Å²) < 4.78 is 65.5. The van der Waals surface area contributed by atoms with E-state index in [0.29, 0.717) is 0 Å². The fraction of sp³-hybridized carbons (Fsp3) is 0.364. The lowest BCUT2D eigenvalue weighted by molar-refractivity contribution is -0.217. The Labute approximate surface area is 117 Å². The number of nitrogens with two attached hydrogens (primary N) is 1. The molecule has 0 saturated carbocycles. The molecule has 10 heteroatoms. The van der Waals surface area contributed by atoms with Crippen LogP contribution in [0.15, 0.2) is 23.1 Å². The van der Waals surface area contributed by atoms with Gasteiger partial charge in [0.2, 0.25) is 16.1 Å². The Morgan fingerprint density at radius 2 is 2.00 bits per heavy atom. The molecule has 21 heavy (non-hydrogen) atoms. The highest BCUT2D eigenvalue weighted by atomic mass is 32.2. The number of fused-ring (bicyclic) bond motifs is 1. The van der Waals surface area contributed by atoms with Gasteiger partial charge in [-0.25, -0.2) is 13.6 Å². The van der Waals surface area contributed by atoms with Crippen LogP contribution in [0.3, 0.4) is 0 Å². The molecule has 1 aliphatic heterocycles. The molecule has 0 unspecified atom stereocenters. The quantitative estimate of drug-likeness (QED) is 0.840. The summed E-state index contributed by atoms with van der Waals surface area (Å²) in [4.78, 5) is 10.7. The predicted molar refractivity (Wildman–Crippen MR) is 63.1 cm³/mol. The molecule has 2 rings (SSSR count). The molecule has 0 aliphatic carbocycles. The van der Waals surface area contributed by atoms with Crippen LogP contribution in [0.2, 0.25) is 0 Å². The van der Waals surface area contributed by atoms with Gasteiger partial charge in [0.05, 0.1) is 4.90 Å². The minimum atomic E-state index is -4.85. The highest BCUT2D eigenvalue weighted by Crippen LogP contribution is 2.39. The summed E-state index contributed by atoms with van der Waals surface area (Å²) in [6.45, 7) is 0. The van der Waals surface area contributed by atoms with Crippen LogP contribution in [-0.4, -0.2) is 31.8 Å². The molecule has 3 N–H and O–H groups in total. The average molecular weight is 325 g/mol. The summed E-state index contributed by atoms with van der Waals surface area (Å²) in [5.41, 5.74) is 0.0504. The zero-order valence-corrected chi connectivity index (χ0v) is 11.1. The molecule has 0 bridgehead atoms. The van der Waals surface area contributed by atoms with Crippen molar-refractivity contribution in [3.8, 4) is 5.75 Å². The number of ether oxygens (including phenoxy) is 1. The van der Waals surface area contributed by atoms with E-state index in [1.807, 2.05) is 0 Å². The van der Waals surface area contributed by atoms with E-state index in [1.54, 1.807) is 0 Å². The Kier molecular flexibility index (Phi) is 3.62. The van der Waals surface area contributed by atoms with Gasteiger partial charge in [-0.3, -0.25) is 4.79 Å². The zero-order chi connectivity index (χ0) is 16.0. The zero-order valence-electron chi connectivity index (χ0n) is 10.3. The number of halogens is 3. The molecule has 1 heterocycles. The number of hydrogen-bond acceptors (Lipinski definition) is 4. The lowest BCUT2D eigenvalue weighted by atomic mass is 9.90. The molecule has 1 aromatic rings. The van der Waals surface area contributed by atoms with Crippen LogP contribution in [-0.2, 0) is 21.2 Å². The van der Waals surface area contributed by atoms with Crippen molar-refractivity contribution < 1.29 is 36.2 Å². The minimum Gasteiger partial charge on any atom is -0.481 e. The van der Waals surface area contributed by atoms with Gasteiger partial charge in [0.15, 0.2) is 0 Å². The summed E-state index contributed by atoms with van der Waals surface area (Å²) in [7, 11) is -4.04. The molecule has 1 aliphatic rings. The molecular weight excluding hydrogens is 315 g/mol. The summed E-state index contributed by atoms with van der Waals surface area (Å²) in [6.07, 6.45) is -7.83. The first-order chi connectivity index (χ1) is 9.50. The molecule has 0 radical (unpaired) electrons. The number of benzene rings is 1. The first-order valence-corrected chi connectivity index (χ1v) is 7.16. The maximum atomic E-state index is 12.8. The fourth-order valence-corrected chi connectivity index (χ4v) is 2.65. The van der Waals surface area contributed by atoms with Crippen molar-refractivity contribution in [2.75, 3.05) is 0 Å². The third-order valence-electron chi connectivity index (χ3n) is 3.06. The minimum absolute atomic E-state index is 0.0504. The number of primary sulfonamides is 1. The number of carboxylic acids is 1. The number of hydrogen-bond donors (Lipinski definition) is 2. The van der Waals surface area contributed by atoms with Crippen LogP contribution in [0.5, 0.6) is 5.75 Å². The van der Waals surface area contributed by atoms with E-state index >= 15 is 0 Å². The Bertz CT molecular complexity index is 686. The summed E-state index contributed by atoms with van der Waals surface area (Å²) in [6, 6.07) is 3.06. The topological polar surface area (TPSA) is 107 Å². The Morgan fingerprint density at radius 1 is 1.38 bits per heavy atom. The van der Waals surface area contributed by atoms with Gasteiger partial charge in [-0.05, 0) is 30.2 Å². The largest absolute Gasteiger partial charge is 0.481 e. The van der Waals surface area contributed by atoms with Gasteiger partial charge in [0.25, 0.3) is 0 Å². The molecule has 0 spiro atoms. The number of sulfonamides is 1. The second-order valence-electron chi connectivity index (χ2n) is 4.54. The van der Waals surface area contributed by atoms with Crippen molar-refractivity contribution in [1.82, 2.24) is 0 Å². The second kappa shape index (κ2) is 4.88. The van der Waals surface area contributed by atoms with Crippen LogP contribution >= 0.6 is 0 Å². The van der Waals surface area contributed by atoms with E-state index < -0.39 is 40.6 Å². The van der Waals surface area contributed by atoms with E-state index in [1.165, 1.54) is 0 Å². The first kappa shape index (κ1) is 15.6. The van der Waals surface area contributed by atoms with Crippen molar-refractivity contribution in [3.63, 3.8) is 0 Å². The van der Waals surface area contributed by atoms with Crippen LogP contribution < -0.4 is 9.88 Å². The van der Waals surface area contributed by atoms with E-state index in [4.69, 9.17) is 15.0 Å². The Hall–Kier alpha value is -1.81. The van der Waals surface area contributed by atoms with Gasteiger partial charge >= 0.3 is 12.1 Å². The predicted octanol–water partition coefficient (Wildman–Crippen LogP) is 0.901. The Balaban J connectivity index is 2.47. The standard InChI is InChI=1S/C11H10F3NO5S/c12-11(13,14)9-7(10(16)17)4-5-3-6(21(15,18)19)1-2-8(5)20-9/h1-3,7,9H,4H2,(H,16,17)(H2,15,18,19)/t7-,9+/m1/s1. The van der Waals surface area contributed by atoms with Crippen molar-refractivity contribution in [2.24, 2.45) is 11.1 Å². The molecule has 0 amide bonds. The average Bonchev–Trinajstić information content (AvgIpc) is 2.34. The maximum Gasteiger partial charge on any atom is 0.426 e. The van der Waals surface area contributed by atoms with Crippen LogP contribution in [0, 0.1) is 5.92 Å². The van der Waals surface area contributed by atoms with Crippen LogP contribution in [0.25, 0.3) is 0 Å². The number of carboxylic acid groups (broad SMARTS) is 1. The highest BCUT2D eigenvalue weighted by molar-refractivity contribution is 7.89. The normalized spacial score (nSPS) is 22.3. The summed E-state index contributed by atoms with van der Waals surface area (Å²) in [5.74, 6) is -3.74. The van der Waals surface area contributed by atoms with E-state index in [9.17, 15) is 26.4 Å². The van der Waals surface area contributed by atoms with E-state index in [2.05, 4.69) is 0 Å². The second-order valence-corrected chi connectivity index (χ2v) is 6.10. The molecule has 116 valence electrons. The maximum absolute atomic E-state index is 12.8. The smallest absolute Gasteiger partial charge is 0.426 e. The van der Waals surface area contributed by atoms with Gasteiger partial charge in [-0.15, -0.1) is 0 Å². The van der Waals surface area contributed by atoms with Crippen LogP contribution in [0.4, 0.5) is 13.2 Å². The highest BCUT2D eigenvalue weighted by Gasteiger charge is 2.52. The first-order valence-electron chi connectivity index (χ1n) is 5.62. The van der Waals surface area contributed by atoms with Gasteiger partial charge in [-0.1, -0.05) is 0 Å². The van der Waals surface area contributed by atoms with Gasteiger partial charge in [0, 0.05) is 0 Å². The molecule has 0 fully saturated rings. The van der Waals surface area contributed by atoms with Crippen molar-refractivity contribution >= 4 is 16.0 Å². The molecule has 1 aromatic carbocycles. The van der Waals surface area contributed by atoms with Crippen molar-refractivity contribution in [2.45, 2.75) is 23.6 Å². The molecular formula is C11H10F3NO5S. The number of rotatable bonds is 2. The monoisotopic (exact) mass is 325 g/mol. The Morgan fingerprint density at radius 3 is 2.48 bits per heavy atom. The van der Waals surface area contributed by atoms with Crippen molar-refractivity contribution in [3.05, 3.63) is 23.8 Å². The summed E-state index contributed by atoms with van der Waals surface area (Å²) >= 11 is 0. The van der Waals surface area contributed by atoms with Gasteiger partial charge in [-0.2, -0.15) is 13.2 Å².